The molecule has 0 fully saturated rings. The molecule has 0 amide bonds. The Kier molecular flexibility index (Phi) is 3.16. The molecule has 4 heteroatoms. The van der Waals surface area contributed by atoms with Gasteiger partial charge < -0.3 is 11.1 Å². The lowest BCUT2D eigenvalue weighted by Gasteiger charge is -2.30. The van der Waals surface area contributed by atoms with Gasteiger partial charge >= 0.3 is 0 Å². The Hall–Kier alpha value is -1.97. The molecule has 0 saturated heterocycles. The van der Waals surface area contributed by atoms with E-state index < -0.39 is 0 Å². The minimum absolute atomic E-state index is 0.308. The van der Waals surface area contributed by atoms with E-state index in [4.69, 9.17) is 5.73 Å². The van der Waals surface area contributed by atoms with Gasteiger partial charge in [-0.05, 0) is 38.3 Å². The van der Waals surface area contributed by atoms with E-state index in [9.17, 15) is 0 Å². The van der Waals surface area contributed by atoms with Crippen LogP contribution in [0.15, 0.2) is 24.3 Å². The van der Waals surface area contributed by atoms with Crippen molar-refractivity contribution in [2.24, 2.45) is 0 Å². The zero-order valence-corrected chi connectivity index (χ0v) is 12.4. The van der Waals surface area contributed by atoms with Crippen LogP contribution < -0.4 is 11.1 Å². The Labute approximate surface area is 120 Å². The first-order valence-electron chi connectivity index (χ1n) is 7.24. The molecule has 2 aromatic rings. The molecule has 3 N–H and O–H groups in total. The number of anilines is 2. The fourth-order valence-electron chi connectivity index (χ4n) is 2.87. The zero-order chi connectivity index (χ0) is 14.3. The third-order valence-corrected chi connectivity index (χ3v) is 4.10. The lowest BCUT2D eigenvalue weighted by molar-refractivity contribution is 0.531. The standard InChI is InChI=1S/C16H22N4/c1-10(2)20-16(15(17)11(3)19-20)18-9-13-8-12-6-4-5-7-14(12)13/h4-7,10,13,18H,8-9,17H2,1-3H3. The highest BCUT2D eigenvalue weighted by Gasteiger charge is 2.26. The van der Waals surface area contributed by atoms with Gasteiger partial charge in [-0.15, -0.1) is 0 Å². The van der Waals surface area contributed by atoms with Crippen molar-refractivity contribution in [1.29, 1.82) is 0 Å². The summed E-state index contributed by atoms with van der Waals surface area (Å²) in [7, 11) is 0. The summed E-state index contributed by atoms with van der Waals surface area (Å²) in [6.45, 7) is 7.11. The number of nitrogens with zero attached hydrogens (tertiary/aromatic N) is 2. The van der Waals surface area contributed by atoms with E-state index in [1.807, 2.05) is 11.6 Å². The Morgan fingerprint density at radius 2 is 2.15 bits per heavy atom. The van der Waals surface area contributed by atoms with Crippen molar-refractivity contribution in [2.75, 3.05) is 17.6 Å². The second-order valence-corrected chi connectivity index (χ2v) is 5.87. The molecule has 106 valence electrons. The molecule has 20 heavy (non-hydrogen) atoms. The normalized spacial score (nSPS) is 16.9. The van der Waals surface area contributed by atoms with Crippen LogP contribution in [0.1, 0.15) is 42.6 Å². The Bertz CT molecular complexity index is 627. The molecular weight excluding hydrogens is 248 g/mol. The third kappa shape index (κ3) is 2.05. The van der Waals surface area contributed by atoms with Crippen molar-refractivity contribution in [3.05, 3.63) is 41.1 Å². The molecule has 0 aliphatic heterocycles. The van der Waals surface area contributed by atoms with Crippen molar-refractivity contribution < 1.29 is 0 Å². The smallest absolute Gasteiger partial charge is 0.148 e. The van der Waals surface area contributed by atoms with Gasteiger partial charge in [0, 0.05) is 18.5 Å². The first-order chi connectivity index (χ1) is 9.58. The Morgan fingerprint density at radius 3 is 2.85 bits per heavy atom. The number of nitrogen functional groups attached to an aromatic ring is 1. The van der Waals surface area contributed by atoms with Crippen molar-refractivity contribution in [3.63, 3.8) is 0 Å². The second kappa shape index (κ2) is 4.85. The number of aromatic nitrogens is 2. The summed E-state index contributed by atoms with van der Waals surface area (Å²) < 4.78 is 1.98. The minimum Gasteiger partial charge on any atom is -0.394 e. The van der Waals surface area contributed by atoms with Crippen LogP contribution in [0.3, 0.4) is 0 Å². The van der Waals surface area contributed by atoms with E-state index in [0.29, 0.717) is 12.0 Å². The summed E-state index contributed by atoms with van der Waals surface area (Å²) in [5.74, 6) is 1.54. The van der Waals surface area contributed by atoms with Crippen LogP contribution in [0, 0.1) is 6.92 Å². The van der Waals surface area contributed by atoms with Gasteiger partial charge in [0.05, 0.1) is 11.4 Å². The topological polar surface area (TPSA) is 55.9 Å². The number of hydrogen-bond donors (Lipinski definition) is 2. The van der Waals surface area contributed by atoms with E-state index in [-0.39, 0.29) is 0 Å². The number of hydrogen-bond acceptors (Lipinski definition) is 3. The Balaban J connectivity index is 1.74. The van der Waals surface area contributed by atoms with Crippen LogP contribution in [0.5, 0.6) is 0 Å². The average molecular weight is 270 g/mol. The zero-order valence-electron chi connectivity index (χ0n) is 12.4. The monoisotopic (exact) mass is 270 g/mol. The van der Waals surface area contributed by atoms with Crippen LogP contribution in [0.25, 0.3) is 0 Å². The molecule has 4 nitrogen and oxygen atoms in total. The fraction of sp³-hybridized carbons (Fsp3) is 0.438. The van der Waals surface area contributed by atoms with Gasteiger partial charge in [0.2, 0.25) is 0 Å². The largest absolute Gasteiger partial charge is 0.394 e. The van der Waals surface area contributed by atoms with E-state index in [1.165, 1.54) is 11.1 Å². The fourth-order valence-corrected chi connectivity index (χ4v) is 2.87. The molecule has 0 radical (unpaired) electrons. The Morgan fingerprint density at radius 1 is 1.40 bits per heavy atom. The summed E-state index contributed by atoms with van der Waals surface area (Å²) in [4.78, 5) is 0. The van der Waals surface area contributed by atoms with Gasteiger partial charge in [-0.1, -0.05) is 24.3 Å². The van der Waals surface area contributed by atoms with E-state index >= 15 is 0 Å². The highest BCUT2D eigenvalue weighted by molar-refractivity contribution is 5.65. The van der Waals surface area contributed by atoms with Gasteiger partial charge in [0.15, 0.2) is 0 Å². The van der Waals surface area contributed by atoms with Gasteiger partial charge in [-0.25, -0.2) is 4.68 Å². The van der Waals surface area contributed by atoms with Crippen molar-refractivity contribution >= 4 is 11.5 Å². The maximum atomic E-state index is 6.14. The number of nitrogens with two attached hydrogens (primary N) is 1. The highest BCUT2D eigenvalue weighted by atomic mass is 15.4. The molecule has 1 heterocycles. The average Bonchev–Trinajstić information content (AvgIpc) is 2.68. The first kappa shape index (κ1) is 13.0. The maximum absolute atomic E-state index is 6.14. The summed E-state index contributed by atoms with van der Waals surface area (Å²) in [5, 5.41) is 8.01. The minimum atomic E-state index is 0.308. The van der Waals surface area contributed by atoms with Crippen LogP contribution in [0.4, 0.5) is 11.5 Å². The quantitative estimate of drug-likeness (QED) is 0.897. The summed E-state index contributed by atoms with van der Waals surface area (Å²) in [6.07, 6.45) is 1.15. The van der Waals surface area contributed by atoms with Crippen LogP contribution in [0.2, 0.25) is 0 Å². The van der Waals surface area contributed by atoms with Gasteiger partial charge in [0.1, 0.15) is 5.82 Å². The number of rotatable bonds is 4. The molecule has 1 aliphatic carbocycles. The van der Waals surface area contributed by atoms with Crippen LogP contribution in [-0.2, 0) is 6.42 Å². The predicted octanol–water partition coefficient (Wildman–Crippen LogP) is 3.11. The summed E-state index contributed by atoms with van der Waals surface area (Å²) in [6, 6.07) is 8.96. The third-order valence-electron chi connectivity index (χ3n) is 4.10. The molecule has 0 saturated carbocycles. The van der Waals surface area contributed by atoms with Crippen molar-refractivity contribution in [1.82, 2.24) is 9.78 Å². The van der Waals surface area contributed by atoms with Gasteiger partial charge in [0.25, 0.3) is 0 Å². The lowest BCUT2D eigenvalue weighted by Crippen LogP contribution is -2.25. The van der Waals surface area contributed by atoms with Crippen LogP contribution in [-0.4, -0.2) is 16.3 Å². The first-order valence-corrected chi connectivity index (χ1v) is 7.24. The van der Waals surface area contributed by atoms with Crippen molar-refractivity contribution in [3.8, 4) is 0 Å². The molecule has 0 bridgehead atoms. The van der Waals surface area contributed by atoms with Gasteiger partial charge in [-0.3, -0.25) is 0 Å². The lowest BCUT2D eigenvalue weighted by atomic mass is 9.77. The number of benzene rings is 1. The second-order valence-electron chi connectivity index (χ2n) is 5.87. The molecular formula is C16H22N4. The molecule has 1 aromatic heterocycles. The molecule has 1 aliphatic rings. The predicted molar refractivity (Wildman–Crippen MR) is 83.1 cm³/mol. The molecule has 0 spiro atoms. The van der Waals surface area contributed by atoms with E-state index in [0.717, 1.165) is 30.2 Å². The molecule has 1 atom stereocenters. The SMILES string of the molecule is Cc1nn(C(C)C)c(NCC2Cc3ccccc32)c1N. The van der Waals surface area contributed by atoms with E-state index in [2.05, 4.69) is 48.5 Å². The molecule has 1 unspecified atom stereocenters. The molecule has 3 rings (SSSR count). The summed E-state index contributed by atoms with van der Waals surface area (Å²) >= 11 is 0. The number of nitrogens with one attached hydrogen (secondary N) is 1. The summed E-state index contributed by atoms with van der Waals surface area (Å²) in [5.41, 5.74) is 10.7. The molecule has 1 aromatic carbocycles. The number of fused-ring (bicyclic) bond motifs is 1. The van der Waals surface area contributed by atoms with Gasteiger partial charge in [-0.2, -0.15) is 5.10 Å². The highest BCUT2D eigenvalue weighted by Crippen LogP contribution is 2.35. The maximum Gasteiger partial charge on any atom is 0.148 e. The van der Waals surface area contributed by atoms with E-state index in [1.54, 1.807) is 0 Å². The number of aryl methyl sites for hydroxylation is 1. The van der Waals surface area contributed by atoms with Crippen LogP contribution >= 0.6 is 0 Å². The van der Waals surface area contributed by atoms with Crippen molar-refractivity contribution in [2.45, 2.75) is 39.2 Å².